The van der Waals surface area contributed by atoms with Gasteiger partial charge in [-0.1, -0.05) is 23.8 Å². The minimum Gasteiger partial charge on any atom is -0.347 e. The molecular formula is C24H14F4O2. The van der Waals surface area contributed by atoms with E-state index in [1.165, 1.54) is 6.07 Å². The van der Waals surface area contributed by atoms with Gasteiger partial charge in [0.2, 0.25) is 0 Å². The molecule has 1 fully saturated rings. The van der Waals surface area contributed by atoms with E-state index in [4.69, 9.17) is 15.9 Å². The lowest BCUT2D eigenvalue weighted by molar-refractivity contribution is -0.196. The van der Waals surface area contributed by atoms with Gasteiger partial charge in [-0.05, 0) is 47.2 Å². The molecule has 30 heavy (non-hydrogen) atoms. The van der Waals surface area contributed by atoms with Gasteiger partial charge in [-0.2, -0.15) is 0 Å². The Morgan fingerprint density at radius 1 is 0.767 bits per heavy atom. The molecule has 3 aromatic rings. The van der Waals surface area contributed by atoms with E-state index in [9.17, 15) is 17.6 Å². The van der Waals surface area contributed by atoms with Crippen LogP contribution in [0.2, 0.25) is 0 Å². The quantitative estimate of drug-likeness (QED) is 0.411. The van der Waals surface area contributed by atoms with E-state index in [0.29, 0.717) is 16.3 Å². The smallest absolute Gasteiger partial charge is 0.184 e. The molecule has 0 atom stereocenters. The lowest BCUT2D eigenvalue weighted by Gasteiger charge is -2.27. The first-order chi connectivity index (χ1) is 14.4. The predicted molar refractivity (Wildman–Crippen MR) is 103 cm³/mol. The molecule has 0 saturated carbocycles. The molecule has 0 amide bonds. The largest absolute Gasteiger partial charge is 0.347 e. The average Bonchev–Trinajstić information content (AvgIpc) is 2.74. The molecule has 1 heterocycles. The van der Waals surface area contributed by atoms with Crippen molar-refractivity contribution < 1.29 is 27.0 Å². The second-order valence-corrected chi connectivity index (χ2v) is 6.80. The molecule has 0 unspecified atom stereocenters. The second kappa shape index (κ2) is 8.20. The van der Waals surface area contributed by atoms with Gasteiger partial charge in [-0.3, -0.25) is 0 Å². The van der Waals surface area contributed by atoms with Crippen molar-refractivity contribution in [2.45, 2.75) is 6.29 Å². The third-order valence-electron chi connectivity index (χ3n) is 4.68. The molecule has 0 aliphatic carbocycles. The summed E-state index contributed by atoms with van der Waals surface area (Å²) in [5.74, 6) is 3.74. The van der Waals surface area contributed by atoms with Crippen LogP contribution in [0, 0.1) is 53.4 Å². The van der Waals surface area contributed by atoms with Crippen LogP contribution < -0.4 is 0 Å². The highest BCUT2D eigenvalue weighted by Crippen LogP contribution is 2.27. The zero-order valence-electron chi connectivity index (χ0n) is 15.5. The van der Waals surface area contributed by atoms with E-state index in [0.717, 1.165) is 24.3 Å². The zero-order valence-corrected chi connectivity index (χ0v) is 15.5. The van der Waals surface area contributed by atoms with Crippen LogP contribution in [0.4, 0.5) is 17.6 Å². The van der Waals surface area contributed by atoms with E-state index >= 15 is 0 Å². The lowest BCUT2D eigenvalue weighted by Crippen LogP contribution is -2.26. The van der Waals surface area contributed by atoms with Gasteiger partial charge >= 0.3 is 0 Å². The Labute approximate surface area is 170 Å². The maximum Gasteiger partial charge on any atom is 0.184 e. The predicted octanol–water partition coefficient (Wildman–Crippen LogP) is 5.09. The molecule has 0 spiro atoms. The summed E-state index contributed by atoms with van der Waals surface area (Å²) in [6, 6.07) is 8.95. The van der Waals surface area contributed by atoms with Gasteiger partial charge in [0.25, 0.3) is 0 Å². The second-order valence-electron chi connectivity index (χ2n) is 6.80. The Morgan fingerprint density at radius 3 is 2.03 bits per heavy atom. The van der Waals surface area contributed by atoms with E-state index in [1.54, 1.807) is 12.1 Å². The Hall–Kier alpha value is -3.32. The van der Waals surface area contributed by atoms with Crippen molar-refractivity contribution in [1.82, 2.24) is 0 Å². The number of halogens is 4. The van der Waals surface area contributed by atoms with Gasteiger partial charge < -0.3 is 9.47 Å². The molecular weight excluding hydrogens is 396 g/mol. The van der Waals surface area contributed by atoms with E-state index in [-0.39, 0.29) is 24.7 Å². The van der Waals surface area contributed by atoms with Crippen molar-refractivity contribution in [1.29, 1.82) is 0 Å². The zero-order chi connectivity index (χ0) is 21.3. The van der Waals surface area contributed by atoms with Crippen LogP contribution in [-0.4, -0.2) is 13.2 Å². The number of fused-ring (bicyclic) bond motifs is 1. The molecule has 1 aliphatic rings. The fourth-order valence-corrected chi connectivity index (χ4v) is 3.09. The van der Waals surface area contributed by atoms with Crippen LogP contribution in [0.1, 0.15) is 23.0 Å². The molecule has 6 heteroatoms. The summed E-state index contributed by atoms with van der Waals surface area (Å²) in [7, 11) is 0. The molecule has 2 nitrogen and oxygen atoms in total. The molecule has 0 N–H and O–H groups in total. The maximum atomic E-state index is 14.5. The summed E-state index contributed by atoms with van der Waals surface area (Å²) in [6.07, 6.45) is 4.39. The summed E-state index contributed by atoms with van der Waals surface area (Å²) in [4.78, 5) is 0. The van der Waals surface area contributed by atoms with Gasteiger partial charge in [-0.15, -0.1) is 6.42 Å². The number of rotatable bonds is 1. The Morgan fingerprint density at radius 2 is 1.40 bits per heavy atom. The Bertz CT molecular complexity index is 1200. The molecule has 0 aromatic heterocycles. The minimum atomic E-state index is -0.985. The van der Waals surface area contributed by atoms with Crippen LogP contribution in [0.15, 0.2) is 42.5 Å². The van der Waals surface area contributed by atoms with Crippen molar-refractivity contribution in [3.63, 3.8) is 0 Å². The Kier molecular flexibility index (Phi) is 5.46. The first-order valence-electron chi connectivity index (χ1n) is 9.03. The van der Waals surface area contributed by atoms with Gasteiger partial charge in [0.1, 0.15) is 11.6 Å². The fourth-order valence-electron chi connectivity index (χ4n) is 3.09. The number of ether oxygens (including phenoxy) is 2. The number of benzene rings is 3. The van der Waals surface area contributed by atoms with E-state index in [1.807, 2.05) is 0 Å². The SMILES string of the molecule is C#CC1COC(c2cc(F)c(C#Cc3ccc4cc(F)c(F)cc4c3)c(F)c2)OC1. The number of hydrogen-bond acceptors (Lipinski definition) is 2. The molecule has 3 aromatic carbocycles. The summed E-state index contributed by atoms with van der Waals surface area (Å²) in [6.45, 7) is 0.469. The van der Waals surface area contributed by atoms with Crippen molar-refractivity contribution in [2.24, 2.45) is 5.92 Å². The highest BCUT2D eigenvalue weighted by molar-refractivity contribution is 5.84. The third-order valence-corrected chi connectivity index (χ3v) is 4.68. The molecule has 150 valence electrons. The topological polar surface area (TPSA) is 18.5 Å². The summed E-state index contributed by atoms with van der Waals surface area (Å²) in [5, 5.41) is 0.912. The number of hydrogen-bond donors (Lipinski definition) is 0. The van der Waals surface area contributed by atoms with Crippen molar-refractivity contribution in [3.05, 3.63) is 82.4 Å². The van der Waals surface area contributed by atoms with Crippen molar-refractivity contribution in [2.75, 3.05) is 13.2 Å². The normalized spacial score (nSPS) is 18.5. The first kappa shape index (κ1) is 20.0. The average molecular weight is 410 g/mol. The van der Waals surface area contributed by atoms with Gasteiger partial charge in [0.15, 0.2) is 17.9 Å². The summed E-state index contributed by atoms with van der Waals surface area (Å²) in [5.41, 5.74) is 0.173. The Balaban J connectivity index is 1.60. The van der Waals surface area contributed by atoms with Gasteiger partial charge in [0.05, 0.1) is 24.7 Å². The van der Waals surface area contributed by atoms with Crippen LogP contribution in [0.3, 0.4) is 0 Å². The van der Waals surface area contributed by atoms with Gasteiger partial charge in [-0.25, -0.2) is 17.6 Å². The van der Waals surface area contributed by atoms with Crippen molar-refractivity contribution in [3.8, 4) is 24.2 Å². The summed E-state index contributed by atoms with van der Waals surface area (Å²) >= 11 is 0. The molecule has 0 radical (unpaired) electrons. The molecule has 1 aliphatic heterocycles. The molecule has 0 bridgehead atoms. The van der Waals surface area contributed by atoms with E-state index in [2.05, 4.69) is 17.8 Å². The fraction of sp³-hybridized carbons (Fsp3) is 0.167. The standard InChI is InChI=1S/C24H14F4O2/c1-2-14-12-29-24(30-13-14)18-10-20(25)19(21(26)11-18)6-4-15-3-5-16-8-22(27)23(28)9-17(16)7-15/h1,3,5,7-11,14,24H,12-13H2. The van der Waals surface area contributed by atoms with E-state index < -0.39 is 35.1 Å². The maximum absolute atomic E-state index is 14.5. The highest BCUT2D eigenvalue weighted by atomic mass is 19.2. The van der Waals surface area contributed by atoms with Crippen LogP contribution in [-0.2, 0) is 9.47 Å². The molecule has 1 saturated heterocycles. The van der Waals surface area contributed by atoms with Crippen LogP contribution >= 0.6 is 0 Å². The van der Waals surface area contributed by atoms with Gasteiger partial charge in [0, 0.05) is 11.1 Å². The lowest BCUT2D eigenvalue weighted by atomic mass is 10.1. The summed E-state index contributed by atoms with van der Waals surface area (Å²) < 4.78 is 66.5. The van der Waals surface area contributed by atoms with Crippen LogP contribution in [0.25, 0.3) is 10.8 Å². The monoisotopic (exact) mass is 410 g/mol. The first-order valence-corrected chi connectivity index (χ1v) is 9.03. The molecule has 4 rings (SSSR count). The van der Waals surface area contributed by atoms with Crippen molar-refractivity contribution >= 4 is 10.8 Å². The number of terminal acetylenes is 1. The third kappa shape index (κ3) is 4.02. The minimum absolute atomic E-state index is 0.189. The van der Waals surface area contributed by atoms with Crippen LogP contribution in [0.5, 0.6) is 0 Å². The highest BCUT2D eigenvalue weighted by Gasteiger charge is 2.24.